The summed E-state index contributed by atoms with van der Waals surface area (Å²) in [4.78, 5) is 2.62. The number of rotatable bonds is 4. The van der Waals surface area contributed by atoms with E-state index >= 15 is 0 Å². The van der Waals surface area contributed by atoms with Gasteiger partial charge in [-0.05, 0) is 24.0 Å². The van der Waals surface area contributed by atoms with Crippen LogP contribution in [0.25, 0.3) is 0 Å². The third kappa shape index (κ3) is 2.43. The molecular formula is C14H21N3O2S. The lowest BCUT2D eigenvalue weighted by atomic mass is 10.0. The van der Waals surface area contributed by atoms with Crippen LogP contribution in [0.15, 0.2) is 29.2 Å². The van der Waals surface area contributed by atoms with Gasteiger partial charge in [-0.3, -0.25) is 0 Å². The van der Waals surface area contributed by atoms with E-state index in [1.165, 1.54) is 0 Å². The lowest BCUT2D eigenvalue weighted by molar-refractivity contribution is 0.533. The van der Waals surface area contributed by atoms with Gasteiger partial charge >= 0.3 is 0 Å². The summed E-state index contributed by atoms with van der Waals surface area (Å²) in [7, 11) is -3.41. The molecule has 2 saturated heterocycles. The van der Waals surface area contributed by atoms with Crippen molar-refractivity contribution in [3.05, 3.63) is 24.3 Å². The SMILES string of the molecule is CCNS(=O)(=O)c1ccccc1N1CC2CNCC2C1. The van der Waals surface area contributed by atoms with Gasteiger partial charge < -0.3 is 10.2 Å². The van der Waals surface area contributed by atoms with Crippen LogP contribution in [0.1, 0.15) is 6.92 Å². The Morgan fingerprint density at radius 3 is 2.55 bits per heavy atom. The molecule has 0 saturated carbocycles. The molecular weight excluding hydrogens is 274 g/mol. The third-order valence-electron chi connectivity index (χ3n) is 4.22. The number of nitrogens with zero attached hydrogens (tertiary/aromatic N) is 1. The predicted molar refractivity (Wildman–Crippen MR) is 79.4 cm³/mol. The Kier molecular flexibility index (Phi) is 3.70. The Hall–Kier alpha value is -1.11. The molecule has 2 atom stereocenters. The summed E-state index contributed by atoms with van der Waals surface area (Å²) in [5.41, 5.74) is 0.836. The highest BCUT2D eigenvalue weighted by Crippen LogP contribution is 2.33. The summed E-state index contributed by atoms with van der Waals surface area (Å²) >= 11 is 0. The van der Waals surface area contributed by atoms with E-state index in [1.54, 1.807) is 19.1 Å². The minimum absolute atomic E-state index is 0.398. The van der Waals surface area contributed by atoms with Crippen LogP contribution in [-0.2, 0) is 10.0 Å². The highest BCUT2D eigenvalue weighted by atomic mass is 32.2. The van der Waals surface area contributed by atoms with Gasteiger partial charge in [-0.25, -0.2) is 13.1 Å². The molecule has 5 nitrogen and oxygen atoms in total. The normalized spacial score (nSPS) is 25.9. The van der Waals surface area contributed by atoms with Crippen LogP contribution < -0.4 is 14.9 Å². The summed E-state index contributed by atoms with van der Waals surface area (Å²) in [5.74, 6) is 1.29. The summed E-state index contributed by atoms with van der Waals surface area (Å²) < 4.78 is 27.2. The molecule has 20 heavy (non-hydrogen) atoms. The number of nitrogens with one attached hydrogen (secondary N) is 2. The first-order valence-electron chi connectivity index (χ1n) is 7.16. The van der Waals surface area contributed by atoms with Gasteiger partial charge in [0.05, 0.1) is 5.69 Å². The van der Waals surface area contributed by atoms with E-state index in [4.69, 9.17) is 0 Å². The maximum absolute atomic E-state index is 12.3. The van der Waals surface area contributed by atoms with Crippen molar-refractivity contribution in [2.45, 2.75) is 11.8 Å². The first kappa shape index (κ1) is 13.9. The van der Waals surface area contributed by atoms with Crippen LogP contribution in [0.5, 0.6) is 0 Å². The summed E-state index contributed by atoms with van der Waals surface area (Å²) in [6, 6.07) is 7.30. The molecule has 110 valence electrons. The highest BCUT2D eigenvalue weighted by Gasteiger charge is 2.37. The number of para-hydroxylation sites is 1. The molecule has 0 aliphatic carbocycles. The average molecular weight is 295 g/mol. The monoisotopic (exact) mass is 295 g/mol. The maximum Gasteiger partial charge on any atom is 0.242 e. The van der Waals surface area contributed by atoms with Gasteiger partial charge in [0.2, 0.25) is 10.0 Å². The van der Waals surface area contributed by atoms with Crippen LogP contribution in [0.2, 0.25) is 0 Å². The van der Waals surface area contributed by atoms with E-state index in [-0.39, 0.29) is 0 Å². The Morgan fingerprint density at radius 2 is 1.90 bits per heavy atom. The van der Waals surface area contributed by atoms with Gasteiger partial charge in [-0.15, -0.1) is 0 Å². The molecule has 6 heteroatoms. The maximum atomic E-state index is 12.3. The molecule has 2 unspecified atom stereocenters. The smallest absolute Gasteiger partial charge is 0.242 e. The van der Waals surface area contributed by atoms with E-state index in [0.717, 1.165) is 31.9 Å². The van der Waals surface area contributed by atoms with Gasteiger partial charge in [-0.2, -0.15) is 0 Å². The van der Waals surface area contributed by atoms with Crippen molar-refractivity contribution in [3.8, 4) is 0 Å². The van der Waals surface area contributed by atoms with Crippen LogP contribution in [0, 0.1) is 11.8 Å². The molecule has 0 bridgehead atoms. The molecule has 2 N–H and O–H groups in total. The molecule has 2 heterocycles. The number of hydrogen-bond donors (Lipinski definition) is 2. The summed E-state index contributed by atoms with van der Waals surface area (Å²) in [5, 5.41) is 3.40. The molecule has 2 fully saturated rings. The second-order valence-corrected chi connectivity index (χ2v) is 7.29. The van der Waals surface area contributed by atoms with E-state index < -0.39 is 10.0 Å². The quantitative estimate of drug-likeness (QED) is 0.856. The van der Waals surface area contributed by atoms with Gasteiger partial charge in [0, 0.05) is 32.7 Å². The number of sulfonamides is 1. The van der Waals surface area contributed by atoms with Crippen LogP contribution in [-0.4, -0.2) is 41.1 Å². The number of anilines is 1. The largest absolute Gasteiger partial charge is 0.370 e. The number of benzene rings is 1. The van der Waals surface area contributed by atoms with Crippen molar-refractivity contribution < 1.29 is 8.42 Å². The second kappa shape index (κ2) is 5.35. The molecule has 0 aromatic heterocycles. The van der Waals surface area contributed by atoms with Crippen molar-refractivity contribution in [2.24, 2.45) is 11.8 Å². The van der Waals surface area contributed by atoms with Gasteiger partial charge in [0.25, 0.3) is 0 Å². The van der Waals surface area contributed by atoms with E-state index in [2.05, 4.69) is 14.9 Å². The fourth-order valence-corrected chi connectivity index (χ4v) is 4.53. The minimum atomic E-state index is -3.41. The van der Waals surface area contributed by atoms with Crippen LogP contribution in [0.4, 0.5) is 5.69 Å². The fourth-order valence-electron chi connectivity index (χ4n) is 3.27. The zero-order chi connectivity index (χ0) is 14.2. The van der Waals surface area contributed by atoms with E-state index in [9.17, 15) is 8.42 Å². The number of fused-ring (bicyclic) bond motifs is 1. The molecule has 2 aliphatic rings. The molecule has 1 aromatic carbocycles. The molecule has 0 amide bonds. The van der Waals surface area contributed by atoms with Crippen molar-refractivity contribution in [2.75, 3.05) is 37.6 Å². The van der Waals surface area contributed by atoms with Gasteiger partial charge in [0.1, 0.15) is 4.90 Å². The Balaban J connectivity index is 1.91. The first-order chi connectivity index (χ1) is 9.62. The first-order valence-corrected chi connectivity index (χ1v) is 8.64. The average Bonchev–Trinajstić information content (AvgIpc) is 2.99. The predicted octanol–water partition coefficient (Wildman–Crippen LogP) is 0.640. The molecule has 1 aromatic rings. The van der Waals surface area contributed by atoms with E-state index in [0.29, 0.717) is 23.3 Å². The lowest BCUT2D eigenvalue weighted by Gasteiger charge is -2.22. The summed E-state index contributed by atoms with van der Waals surface area (Å²) in [6.07, 6.45) is 0. The minimum Gasteiger partial charge on any atom is -0.370 e. The van der Waals surface area contributed by atoms with Crippen molar-refractivity contribution in [1.29, 1.82) is 0 Å². The Bertz CT molecular complexity index is 576. The van der Waals surface area contributed by atoms with E-state index in [1.807, 2.05) is 12.1 Å². The molecule has 3 rings (SSSR count). The van der Waals surface area contributed by atoms with Crippen LogP contribution in [0.3, 0.4) is 0 Å². The standard InChI is InChI=1S/C14H21N3O2S/c1-2-16-20(18,19)14-6-4-3-5-13(14)17-9-11-7-15-8-12(11)10-17/h3-6,11-12,15-16H,2,7-10H2,1H3. The zero-order valence-electron chi connectivity index (χ0n) is 11.7. The molecule has 0 radical (unpaired) electrons. The number of hydrogen-bond acceptors (Lipinski definition) is 4. The highest BCUT2D eigenvalue weighted by molar-refractivity contribution is 7.89. The zero-order valence-corrected chi connectivity index (χ0v) is 12.5. The van der Waals surface area contributed by atoms with Gasteiger partial charge in [-0.1, -0.05) is 19.1 Å². The second-order valence-electron chi connectivity index (χ2n) is 5.55. The Morgan fingerprint density at radius 1 is 1.25 bits per heavy atom. The lowest BCUT2D eigenvalue weighted by Crippen LogP contribution is -2.29. The topological polar surface area (TPSA) is 61.4 Å². The van der Waals surface area contributed by atoms with Gasteiger partial charge in [0.15, 0.2) is 0 Å². The fraction of sp³-hybridized carbons (Fsp3) is 0.571. The molecule has 0 spiro atoms. The van der Waals surface area contributed by atoms with Crippen molar-refractivity contribution in [3.63, 3.8) is 0 Å². The van der Waals surface area contributed by atoms with Crippen molar-refractivity contribution >= 4 is 15.7 Å². The van der Waals surface area contributed by atoms with Crippen LogP contribution >= 0.6 is 0 Å². The molecule has 2 aliphatic heterocycles. The summed E-state index contributed by atoms with van der Waals surface area (Å²) in [6.45, 7) is 6.18. The third-order valence-corrected chi connectivity index (χ3v) is 5.81. The Labute approximate surface area is 120 Å². The van der Waals surface area contributed by atoms with Crippen molar-refractivity contribution in [1.82, 2.24) is 10.0 Å².